The molecule has 0 radical (unpaired) electrons. The summed E-state index contributed by atoms with van der Waals surface area (Å²) in [5.41, 5.74) is 0.784. The first kappa shape index (κ1) is 14.8. The largest absolute Gasteiger partial charge is 0.396 e. The molecule has 0 saturated carbocycles. The average molecular weight is 278 g/mol. The first-order valence-corrected chi connectivity index (χ1v) is 7.11. The Kier molecular flexibility index (Phi) is 7.60. The fourth-order valence-electron chi connectivity index (χ4n) is 1.32. The van der Waals surface area contributed by atoms with E-state index in [1.807, 2.05) is 6.07 Å². The highest BCUT2D eigenvalue weighted by molar-refractivity contribution is 7.99. The van der Waals surface area contributed by atoms with Crippen molar-refractivity contribution in [2.75, 3.05) is 24.7 Å². The van der Waals surface area contributed by atoms with E-state index < -0.39 is 0 Å². The average Bonchev–Trinajstić information content (AvgIpc) is 2.33. The summed E-state index contributed by atoms with van der Waals surface area (Å²) in [6, 6.07) is 4.84. The minimum atomic E-state index is -0.372. The van der Waals surface area contributed by atoms with E-state index in [1.54, 1.807) is 17.8 Å². The Morgan fingerprint density at radius 2 is 2.18 bits per heavy atom. The number of aliphatic hydroxyl groups is 1. The molecule has 0 aliphatic rings. The van der Waals surface area contributed by atoms with Gasteiger partial charge >= 0.3 is 0 Å². The number of benzene rings is 1. The summed E-state index contributed by atoms with van der Waals surface area (Å²) >= 11 is 7.62. The minimum absolute atomic E-state index is 0.202. The lowest BCUT2D eigenvalue weighted by Crippen LogP contribution is -2.17. The van der Waals surface area contributed by atoms with Gasteiger partial charge in [-0.25, -0.2) is 4.39 Å². The van der Waals surface area contributed by atoms with E-state index >= 15 is 0 Å². The third-order valence-electron chi connectivity index (χ3n) is 2.22. The summed E-state index contributed by atoms with van der Waals surface area (Å²) in [5.74, 6) is 1.58. The molecule has 0 bridgehead atoms. The lowest BCUT2D eigenvalue weighted by atomic mass is 10.2. The van der Waals surface area contributed by atoms with E-state index in [2.05, 4.69) is 5.32 Å². The smallest absolute Gasteiger partial charge is 0.142 e. The van der Waals surface area contributed by atoms with Gasteiger partial charge in [0.1, 0.15) is 5.82 Å². The van der Waals surface area contributed by atoms with Gasteiger partial charge in [-0.1, -0.05) is 23.7 Å². The predicted molar refractivity (Wildman–Crippen MR) is 72.1 cm³/mol. The van der Waals surface area contributed by atoms with E-state index in [1.165, 1.54) is 6.07 Å². The molecule has 0 aliphatic heterocycles. The van der Waals surface area contributed by atoms with Crippen LogP contribution in [0.4, 0.5) is 4.39 Å². The van der Waals surface area contributed by atoms with Gasteiger partial charge in [-0.3, -0.25) is 0 Å². The van der Waals surface area contributed by atoms with Crippen molar-refractivity contribution in [1.82, 2.24) is 5.32 Å². The molecule has 1 rings (SSSR count). The van der Waals surface area contributed by atoms with Crippen molar-refractivity contribution < 1.29 is 9.50 Å². The molecule has 0 amide bonds. The maximum atomic E-state index is 13.1. The zero-order chi connectivity index (χ0) is 12.5. The lowest BCUT2D eigenvalue weighted by molar-refractivity contribution is 0.296. The van der Waals surface area contributed by atoms with Crippen LogP contribution in [0.3, 0.4) is 0 Å². The van der Waals surface area contributed by atoms with Crippen molar-refractivity contribution in [2.45, 2.75) is 13.0 Å². The van der Waals surface area contributed by atoms with Gasteiger partial charge in [0, 0.05) is 25.4 Å². The highest BCUT2D eigenvalue weighted by Gasteiger charge is 2.04. The van der Waals surface area contributed by atoms with Crippen LogP contribution in [0, 0.1) is 5.82 Å². The zero-order valence-electron chi connectivity index (χ0n) is 9.59. The van der Waals surface area contributed by atoms with E-state index in [0.717, 1.165) is 30.0 Å². The third kappa shape index (κ3) is 5.73. The second-order valence-corrected chi connectivity index (χ2v) is 5.18. The second-order valence-electron chi connectivity index (χ2n) is 3.58. The molecule has 17 heavy (non-hydrogen) atoms. The summed E-state index contributed by atoms with van der Waals surface area (Å²) in [7, 11) is 0. The van der Waals surface area contributed by atoms with Gasteiger partial charge in [0.15, 0.2) is 0 Å². The molecule has 2 N–H and O–H groups in total. The number of halogens is 2. The summed E-state index contributed by atoms with van der Waals surface area (Å²) in [6.45, 7) is 1.68. The van der Waals surface area contributed by atoms with Crippen LogP contribution in [0.15, 0.2) is 18.2 Å². The van der Waals surface area contributed by atoms with Crippen LogP contribution >= 0.6 is 23.4 Å². The zero-order valence-corrected chi connectivity index (χ0v) is 11.2. The molecule has 0 saturated heterocycles. The standard InChI is InChI=1S/C12H17ClFNOS/c13-12-10(3-1-4-11(12)14)9-15-5-8-17-7-2-6-16/h1,3-4,15-16H,2,5-9H2. The van der Waals surface area contributed by atoms with E-state index in [9.17, 15) is 4.39 Å². The fourth-order valence-corrected chi connectivity index (χ4v) is 2.34. The maximum Gasteiger partial charge on any atom is 0.142 e. The Balaban J connectivity index is 2.16. The van der Waals surface area contributed by atoms with Gasteiger partial charge in [0.05, 0.1) is 5.02 Å². The quantitative estimate of drug-likeness (QED) is 0.717. The molecule has 0 unspecified atom stereocenters. The Morgan fingerprint density at radius 1 is 1.35 bits per heavy atom. The molecular weight excluding hydrogens is 261 g/mol. The molecule has 1 aromatic rings. The topological polar surface area (TPSA) is 32.3 Å². The molecule has 0 spiro atoms. The van der Waals surface area contributed by atoms with Gasteiger partial charge < -0.3 is 10.4 Å². The molecular formula is C12H17ClFNOS. The Bertz CT molecular complexity index is 338. The number of hydrogen-bond donors (Lipinski definition) is 2. The summed E-state index contributed by atoms with van der Waals surface area (Å²) < 4.78 is 13.1. The summed E-state index contributed by atoms with van der Waals surface area (Å²) in [5, 5.41) is 12.0. The van der Waals surface area contributed by atoms with Gasteiger partial charge in [-0.15, -0.1) is 0 Å². The van der Waals surface area contributed by atoms with Crippen LogP contribution in [-0.2, 0) is 6.54 Å². The van der Waals surface area contributed by atoms with E-state index in [4.69, 9.17) is 16.7 Å². The van der Waals surface area contributed by atoms with Crippen LogP contribution in [-0.4, -0.2) is 29.8 Å². The highest BCUT2D eigenvalue weighted by Crippen LogP contribution is 2.19. The van der Waals surface area contributed by atoms with Gasteiger partial charge in [-0.2, -0.15) is 11.8 Å². The summed E-state index contributed by atoms with van der Waals surface area (Å²) in [4.78, 5) is 0. The Labute approximate surface area is 111 Å². The van der Waals surface area contributed by atoms with E-state index in [-0.39, 0.29) is 17.4 Å². The SMILES string of the molecule is OCCCSCCNCc1cccc(F)c1Cl. The molecule has 5 heteroatoms. The van der Waals surface area contributed by atoms with Crippen LogP contribution in [0.25, 0.3) is 0 Å². The van der Waals surface area contributed by atoms with Crippen molar-refractivity contribution in [3.8, 4) is 0 Å². The van der Waals surface area contributed by atoms with Crippen LogP contribution in [0.2, 0.25) is 5.02 Å². The second kappa shape index (κ2) is 8.75. The Hall–Kier alpha value is -0.290. The molecule has 1 aromatic carbocycles. The van der Waals surface area contributed by atoms with Gasteiger partial charge in [0.25, 0.3) is 0 Å². The third-order valence-corrected chi connectivity index (χ3v) is 3.71. The highest BCUT2D eigenvalue weighted by atomic mass is 35.5. The van der Waals surface area contributed by atoms with Gasteiger partial charge in [0.2, 0.25) is 0 Å². The molecule has 2 nitrogen and oxygen atoms in total. The number of nitrogens with one attached hydrogen (secondary N) is 1. The Morgan fingerprint density at radius 3 is 2.94 bits per heavy atom. The molecule has 0 aromatic heterocycles. The van der Waals surface area contributed by atoms with Crippen molar-refractivity contribution in [2.24, 2.45) is 0 Å². The van der Waals surface area contributed by atoms with Crippen LogP contribution < -0.4 is 5.32 Å². The molecule has 0 aliphatic carbocycles. The lowest BCUT2D eigenvalue weighted by Gasteiger charge is -2.07. The minimum Gasteiger partial charge on any atom is -0.396 e. The fraction of sp³-hybridized carbons (Fsp3) is 0.500. The van der Waals surface area contributed by atoms with Crippen molar-refractivity contribution in [3.05, 3.63) is 34.6 Å². The molecule has 0 atom stereocenters. The monoisotopic (exact) mass is 277 g/mol. The normalized spacial score (nSPS) is 10.8. The van der Waals surface area contributed by atoms with Crippen LogP contribution in [0.5, 0.6) is 0 Å². The van der Waals surface area contributed by atoms with Gasteiger partial charge in [-0.05, 0) is 23.8 Å². The maximum absolute atomic E-state index is 13.1. The van der Waals surface area contributed by atoms with Crippen molar-refractivity contribution in [1.29, 1.82) is 0 Å². The van der Waals surface area contributed by atoms with Crippen LogP contribution in [0.1, 0.15) is 12.0 Å². The number of hydrogen-bond acceptors (Lipinski definition) is 3. The molecule has 0 fully saturated rings. The first-order chi connectivity index (χ1) is 8.25. The molecule has 96 valence electrons. The summed E-state index contributed by atoms with van der Waals surface area (Å²) in [6.07, 6.45) is 0.834. The van der Waals surface area contributed by atoms with Crippen molar-refractivity contribution in [3.63, 3.8) is 0 Å². The first-order valence-electron chi connectivity index (χ1n) is 5.58. The predicted octanol–water partition coefficient (Wildman–Crippen LogP) is 2.68. The number of aliphatic hydroxyl groups excluding tert-OH is 1. The van der Waals surface area contributed by atoms with Crippen molar-refractivity contribution >= 4 is 23.4 Å². The number of rotatable bonds is 8. The molecule has 0 heterocycles. The number of thioether (sulfide) groups is 1. The van der Waals surface area contributed by atoms with E-state index in [0.29, 0.717) is 6.54 Å².